The van der Waals surface area contributed by atoms with Gasteiger partial charge in [-0.15, -0.1) is 0 Å². The summed E-state index contributed by atoms with van der Waals surface area (Å²) >= 11 is 6.55. The number of aromatic nitrogens is 2. The van der Waals surface area contributed by atoms with Gasteiger partial charge in [-0.2, -0.15) is 5.10 Å². The molecule has 0 aliphatic rings. The number of rotatable bonds is 5. The van der Waals surface area contributed by atoms with Crippen molar-refractivity contribution in [1.82, 2.24) is 15.1 Å². The van der Waals surface area contributed by atoms with E-state index in [2.05, 4.69) is 41.6 Å². The van der Waals surface area contributed by atoms with Crippen LogP contribution in [0.1, 0.15) is 29.8 Å². The summed E-state index contributed by atoms with van der Waals surface area (Å²) in [5.41, 5.74) is 4.23. The molecule has 118 valence electrons. The van der Waals surface area contributed by atoms with Crippen molar-refractivity contribution < 1.29 is 0 Å². The molecule has 0 saturated carbocycles. The maximum absolute atomic E-state index is 6.55. The zero-order valence-corrected chi connectivity index (χ0v) is 14.1. The Morgan fingerprint density at radius 1 is 1.04 bits per heavy atom. The summed E-state index contributed by atoms with van der Waals surface area (Å²) in [4.78, 5) is 0. The number of halogens is 1. The second-order valence-corrected chi connectivity index (χ2v) is 5.97. The van der Waals surface area contributed by atoms with Crippen LogP contribution in [0.25, 0.3) is 5.69 Å². The molecule has 2 aromatic carbocycles. The van der Waals surface area contributed by atoms with Crippen molar-refractivity contribution in [3.8, 4) is 5.69 Å². The summed E-state index contributed by atoms with van der Waals surface area (Å²) in [7, 11) is 0. The summed E-state index contributed by atoms with van der Waals surface area (Å²) in [6, 6.07) is 20.6. The Kier molecular flexibility index (Phi) is 4.79. The summed E-state index contributed by atoms with van der Waals surface area (Å²) in [6.07, 6.45) is 0. The number of hydrogen-bond donors (Lipinski definition) is 1. The fourth-order valence-corrected chi connectivity index (χ4v) is 2.93. The Morgan fingerprint density at radius 3 is 2.30 bits per heavy atom. The second kappa shape index (κ2) is 6.99. The molecule has 0 spiro atoms. The highest BCUT2D eigenvalue weighted by Crippen LogP contribution is 2.24. The van der Waals surface area contributed by atoms with E-state index in [1.165, 1.54) is 5.56 Å². The summed E-state index contributed by atoms with van der Waals surface area (Å²) in [5, 5.41) is 8.77. The van der Waals surface area contributed by atoms with Gasteiger partial charge in [0, 0.05) is 18.2 Å². The van der Waals surface area contributed by atoms with Gasteiger partial charge in [-0.05, 0) is 31.5 Å². The molecule has 1 aromatic heterocycles. The third-order valence-electron chi connectivity index (χ3n) is 4.01. The van der Waals surface area contributed by atoms with E-state index in [0.29, 0.717) is 11.7 Å². The van der Waals surface area contributed by atoms with Gasteiger partial charge >= 0.3 is 0 Å². The monoisotopic (exact) mass is 325 g/mol. The van der Waals surface area contributed by atoms with Gasteiger partial charge in [0.15, 0.2) is 0 Å². The predicted octanol–water partition coefficient (Wildman–Crippen LogP) is 4.68. The molecular formula is C19H20ClN3. The number of para-hydroxylation sites is 1. The van der Waals surface area contributed by atoms with Crippen LogP contribution in [0.2, 0.25) is 5.15 Å². The number of nitrogens with one attached hydrogen (secondary N) is 1. The van der Waals surface area contributed by atoms with Crippen LogP contribution in [0, 0.1) is 6.92 Å². The molecule has 3 rings (SSSR count). The highest BCUT2D eigenvalue weighted by molar-refractivity contribution is 6.30. The van der Waals surface area contributed by atoms with E-state index in [1.807, 2.05) is 43.3 Å². The summed E-state index contributed by atoms with van der Waals surface area (Å²) < 4.78 is 1.79. The Balaban J connectivity index is 1.78. The van der Waals surface area contributed by atoms with Crippen LogP contribution in [0.5, 0.6) is 0 Å². The SMILES string of the molecule is Cc1nn(-c2ccccc2)c(Cl)c1CN[C@H](C)c1ccccc1. The number of aryl methyl sites for hydroxylation is 1. The molecule has 0 radical (unpaired) electrons. The molecule has 1 N–H and O–H groups in total. The maximum Gasteiger partial charge on any atom is 0.137 e. The molecule has 0 aliphatic carbocycles. The highest BCUT2D eigenvalue weighted by Gasteiger charge is 2.15. The zero-order chi connectivity index (χ0) is 16.2. The van der Waals surface area contributed by atoms with Crippen LogP contribution in [0.4, 0.5) is 0 Å². The number of hydrogen-bond acceptors (Lipinski definition) is 2. The molecule has 0 unspecified atom stereocenters. The minimum atomic E-state index is 0.256. The number of benzene rings is 2. The van der Waals surface area contributed by atoms with E-state index in [0.717, 1.165) is 16.9 Å². The quantitative estimate of drug-likeness (QED) is 0.737. The van der Waals surface area contributed by atoms with Crippen LogP contribution >= 0.6 is 11.6 Å². The van der Waals surface area contributed by atoms with Crippen LogP contribution < -0.4 is 5.32 Å². The largest absolute Gasteiger partial charge is 0.306 e. The smallest absolute Gasteiger partial charge is 0.137 e. The van der Waals surface area contributed by atoms with Gasteiger partial charge in [0.05, 0.1) is 11.4 Å². The highest BCUT2D eigenvalue weighted by atomic mass is 35.5. The van der Waals surface area contributed by atoms with E-state index in [4.69, 9.17) is 11.6 Å². The second-order valence-electron chi connectivity index (χ2n) is 5.62. The molecule has 1 heterocycles. The van der Waals surface area contributed by atoms with Crippen LogP contribution in [-0.2, 0) is 6.54 Å². The molecule has 4 heteroatoms. The Labute approximate surface area is 141 Å². The lowest BCUT2D eigenvalue weighted by Gasteiger charge is -2.14. The normalized spacial score (nSPS) is 12.3. The molecule has 3 nitrogen and oxygen atoms in total. The van der Waals surface area contributed by atoms with Crippen molar-refractivity contribution in [2.45, 2.75) is 26.4 Å². The molecule has 0 aliphatic heterocycles. The van der Waals surface area contributed by atoms with Crippen molar-refractivity contribution in [2.24, 2.45) is 0 Å². The van der Waals surface area contributed by atoms with Crippen LogP contribution in [-0.4, -0.2) is 9.78 Å². The van der Waals surface area contributed by atoms with Gasteiger partial charge in [0.25, 0.3) is 0 Å². The lowest BCUT2D eigenvalue weighted by molar-refractivity contribution is 0.573. The molecule has 23 heavy (non-hydrogen) atoms. The Bertz CT molecular complexity index is 766. The fraction of sp³-hybridized carbons (Fsp3) is 0.211. The van der Waals surface area contributed by atoms with Gasteiger partial charge < -0.3 is 5.32 Å². The maximum atomic E-state index is 6.55. The third-order valence-corrected chi connectivity index (χ3v) is 4.40. The standard InChI is InChI=1S/C19H20ClN3/c1-14(16-9-5-3-6-10-16)21-13-18-15(2)22-23(19(18)20)17-11-7-4-8-12-17/h3-12,14,21H,13H2,1-2H3/t14-/m1/s1. The molecule has 0 fully saturated rings. The van der Waals surface area contributed by atoms with Gasteiger partial charge in [-0.1, -0.05) is 60.1 Å². The lowest BCUT2D eigenvalue weighted by Crippen LogP contribution is -2.18. The Hall–Kier alpha value is -2.10. The first-order valence-electron chi connectivity index (χ1n) is 7.74. The average Bonchev–Trinajstić information content (AvgIpc) is 2.88. The first-order valence-corrected chi connectivity index (χ1v) is 8.12. The predicted molar refractivity (Wildman–Crippen MR) is 95.0 cm³/mol. The fourth-order valence-electron chi connectivity index (χ4n) is 2.59. The van der Waals surface area contributed by atoms with E-state index in [9.17, 15) is 0 Å². The molecule has 0 saturated heterocycles. The van der Waals surface area contributed by atoms with Crippen LogP contribution in [0.3, 0.4) is 0 Å². The zero-order valence-electron chi connectivity index (χ0n) is 13.3. The molecule has 1 atom stereocenters. The Morgan fingerprint density at radius 2 is 1.65 bits per heavy atom. The van der Waals surface area contributed by atoms with Gasteiger partial charge in [-0.25, -0.2) is 4.68 Å². The molecule has 3 aromatic rings. The molecule has 0 bridgehead atoms. The van der Waals surface area contributed by atoms with Crippen molar-refractivity contribution >= 4 is 11.6 Å². The van der Waals surface area contributed by atoms with Crippen molar-refractivity contribution in [3.63, 3.8) is 0 Å². The number of nitrogens with zero attached hydrogens (tertiary/aromatic N) is 2. The lowest BCUT2D eigenvalue weighted by atomic mass is 10.1. The average molecular weight is 326 g/mol. The first-order chi connectivity index (χ1) is 11.2. The van der Waals surface area contributed by atoms with Gasteiger partial charge in [-0.3, -0.25) is 0 Å². The minimum absolute atomic E-state index is 0.256. The van der Waals surface area contributed by atoms with E-state index < -0.39 is 0 Å². The van der Waals surface area contributed by atoms with E-state index in [1.54, 1.807) is 4.68 Å². The van der Waals surface area contributed by atoms with E-state index in [-0.39, 0.29) is 6.04 Å². The molecule has 0 amide bonds. The van der Waals surface area contributed by atoms with E-state index >= 15 is 0 Å². The summed E-state index contributed by atoms with van der Waals surface area (Å²) in [5.74, 6) is 0. The third kappa shape index (κ3) is 3.46. The van der Waals surface area contributed by atoms with Gasteiger partial charge in [0.1, 0.15) is 5.15 Å². The first kappa shape index (κ1) is 15.8. The minimum Gasteiger partial charge on any atom is -0.306 e. The van der Waals surface area contributed by atoms with Crippen molar-refractivity contribution in [1.29, 1.82) is 0 Å². The van der Waals surface area contributed by atoms with Crippen molar-refractivity contribution in [2.75, 3.05) is 0 Å². The van der Waals surface area contributed by atoms with Crippen LogP contribution in [0.15, 0.2) is 60.7 Å². The summed E-state index contributed by atoms with van der Waals surface area (Å²) in [6.45, 7) is 4.84. The topological polar surface area (TPSA) is 29.9 Å². The van der Waals surface area contributed by atoms with Crippen molar-refractivity contribution in [3.05, 3.63) is 82.6 Å². The molecular weight excluding hydrogens is 306 g/mol. The van der Waals surface area contributed by atoms with Gasteiger partial charge in [0.2, 0.25) is 0 Å².